The van der Waals surface area contributed by atoms with E-state index in [4.69, 9.17) is 9.47 Å². The number of aliphatic hydroxyl groups excluding tert-OH is 1. The van der Waals surface area contributed by atoms with Crippen LogP contribution in [0.5, 0.6) is 0 Å². The Hall–Kier alpha value is -2.97. The van der Waals surface area contributed by atoms with Gasteiger partial charge < -0.3 is 24.4 Å². The molecule has 1 N–H and O–H groups in total. The van der Waals surface area contributed by atoms with Crippen molar-refractivity contribution in [3.8, 4) is 0 Å². The van der Waals surface area contributed by atoms with Crippen molar-refractivity contribution in [1.29, 1.82) is 0 Å². The quantitative estimate of drug-likeness (QED) is 0.172. The van der Waals surface area contributed by atoms with E-state index in [1.807, 2.05) is 48.2 Å². The number of amides is 2. The number of rotatable bonds is 15. The molecule has 3 saturated heterocycles. The molecule has 4 fully saturated rings. The molecule has 1 aromatic rings. The highest BCUT2D eigenvalue weighted by atomic mass is 16.6. The zero-order valence-electron chi connectivity index (χ0n) is 26.3. The summed E-state index contributed by atoms with van der Waals surface area (Å²) in [5, 5.41) is 10.8. The van der Waals surface area contributed by atoms with Crippen LogP contribution in [0.4, 0.5) is 0 Å². The first kappa shape index (κ1) is 32.4. The first-order valence-electron chi connectivity index (χ1n) is 16.7. The minimum Gasteiger partial charge on any atom is -0.465 e. The van der Waals surface area contributed by atoms with Crippen LogP contribution in [0.2, 0.25) is 0 Å². The highest BCUT2D eigenvalue weighted by molar-refractivity contribution is 5.99. The highest BCUT2D eigenvalue weighted by Crippen LogP contribution is 2.65. The van der Waals surface area contributed by atoms with Crippen molar-refractivity contribution in [3.63, 3.8) is 0 Å². The SMILES string of the molecule is C=CCCCCOC(=O)[C@H]1[C@H]2C(=O)N([C@@H](CO)Cc3ccccc3)C(C(=O)N(CC=C)C3CCCCC3)C23CC[C@]1(CC)O3. The number of allylic oxidation sites excluding steroid dienone is 1. The molecular formula is C36H50N2O6. The fraction of sp³-hybridized carbons (Fsp3) is 0.639. The number of hydrogen-bond acceptors (Lipinski definition) is 6. The summed E-state index contributed by atoms with van der Waals surface area (Å²) in [5.41, 5.74) is -1.05. The van der Waals surface area contributed by atoms with Crippen LogP contribution in [0, 0.1) is 11.8 Å². The average Bonchev–Trinajstić information content (AvgIpc) is 3.66. The zero-order valence-corrected chi connectivity index (χ0v) is 26.3. The molecule has 1 aliphatic carbocycles. The maximum atomic E-state index is 14.9. The van der Waals surface area contributed by atoms with E-state index in [0.29, 0.717) is 38.6 Å². The number of aliphatic hydroxyl groups is 1. The van der Waals surface area contributed by atoms with Gasteiger partial charge in [0, 0.05) is 12.6 Å². The number of ether oxygens (including phenoxy) is 2. The molecule has 3 aliphatic heterocycles. The minimum absolute atomic E-state index is 0.0541. The van der Waals surface area contributed by atoms with Crippen LogP contribution in [-0.4, -0.2) is 81.8 Å². The van der Waals surface area contributed by atoms with Gasteiger partial charge in [0.15, 0.2) is 0 Å². The Morgan fingerprint density at radius 2 is 1.89 bits per heavy atom. The molecule has 3 heterocycles. The van der Waals surface area contributed by atoms with E-state index in [1.165, 1.54) is 0 Å². The van der Waals surface area contributed by atoms with Gasteiger partial charge in [-0.05, 0) is 63.4 Å². The Kier molecular flexibility index (Phi) is 10.3. The van der Waals surface area contributed by atoms with Gasteiger partial charge in [0.05, 0.1) is 30.8 Å². The van der Waals surface area contributed by atoms with Gasteiger partial charge in [0.2, 0.25) is 11.8 Å². The second kappa shape index (κ2) is 14.0. The van der Waals surface area contributed by atoms with Gasteiger partial charge in [-0.25, -0.2) is 0 Å². The van der Waals surface area contributed by atoms with E-state index in [-0.39, 0.29) is 31.1 Å². The lowest BCUT2D eigenvalue weighted by Gasteiger charge is -2.42. The second-order valence-electron chi connectivity index (χ2n) is 13.1. The summed E-state index contributed by atoms with van der Waals surface area (Å²) in [7, 11) is 0. The van der Waals surface area contributed by atoms with Gasteiger partial charge in [-0.3, -0.25) is 14.4 Å². The van der Waals surface area contributed by atoms with Gasteiger partial charge in [-0.1, -0.05) is 68.7 Å². The van der Waals surface area contributed by atoms with Crippen molar-refractivity contribution in [3.05, 3.63) is 61.2 Å². The molecule has 1 spiro atoms. The summed E-state index contributed by atoms with van der Waals surface area (Å²) < 4.78 is 12.8. The molecule has 8 nitrogen and oxygen atoms in total. The van der Waals surface area contributed by atoms with Gasteiger partial charge in [0.1, 0.15) is 17.6 Å². The van der Waals surface area contributed by atoms with Crippen LogP contribution in [0.25, 0.3) is 0 Å². The molecule has 1 saturated carbocycles. The molecule has 240 valence electrons. The van der Waals surface area contributed by atoms with Crippen LogP contribution in [0.3, 0.4) is 0 Å². The van der Waals surface area contributed by atoms with Gasteiger partial charge >= 0.3 is 5.97 Å². The number of fused-ring (bicyclic) bond motifs is 1. The minimum atomic E-state index is -1.16. The first-order valence-corrected chi connectivity index (χ1v) is 16.7. The molecule has 0 aromatic heterocycles. The summed E-state index contributed by atoms with van der Waals surface area (Å²) in [6, 6.07) is 8.17. The van der Waals surface area contributed by atoms with Crippen LogP contribution < -0.4 is 0 Å². The predicted octanol–water partition coefficient (Wildman–Crippen LogP) is 4.99. The predicted molar refractivity (Wildman–Crippen MR) is 168 cm³/mol. The van der Waals surface area contributed by atoms with Crippen molar-refractivity contribution in [1.82, 2.24) is 9.80 Å². The Morgan fingerprint density at radius 1 is 1.14 bits per heavy atom. The van der Waals surface area contributed by atoms with E-state index in [9.17, 15) is 19.5 Å². The summed E-state index contributed by atoms with van der Waals surface area (Å²) in [5.74, 6) is -2.51. The molecular weight excluding hydrogens is 556 g/mol. The number of unbranched alkanes of at least 4 members (excludes halogenated alkanes) is 2. The summed E-state index contributed by atoms with van der Waals surface area (Å²) >= 11 is 0. The lowest BCUT2D eigenvalue weighted by molar-refractivity contribution is -0.164. The third-order valence-corrected chi connectivity index (χ3v) is 10.7. The van der Waals surface area contributed by atoms with E-state index >= 15 is 0 Å². The van der Waals surface area contributed by atoms with E-state index < -0.39 is 41.1 Å². The van der Waals surface area contributed by atoms with Gasteiger partial charge in [-0.2, -0.15) is 0 Å². The molecule has 5 rings (SSSR count). The molecule has 6 atom stereocenters. The van der Waals surface area contributed by atoms with E-state index in [1.54, 1.807) is 11.0 Å². The first-order chi connectivity index (χ1) is 21.4. The number of nitrogens with zero attached hydrogens (tertiary/aromatic N) is 2. The van der Waals surface area contributed by atoms with Crippen LogP contribution in [0.1, 0.15) is 83.1 Å². The van der Waals surface area contributed by atoms with Crippen molar-refractivity contribution in [2.45, 2.75) is 113 Å². The zero-order chi connectivity index (χ0) is 31.3. The Bertz CT molecular complexity index is 1200. The lowest BCUT2D eigenvalue weighted by atomic mass is 9.65. The van der Waals surface area contributed by atoms with Crippen molar-refractivity contribution in [2.24, 2.45) is 11.8 Å². The van der Waals surface area contributed by atoms with Crippen molar-refractivity contribution >= 4 is 17.8 Å². The van der Waals surface area contributed by atoms with Crippen LogP contribution in [-0.2, 0) is 30.3 Å². The van der Waals surface area contributed by atoms with Crippen LogP contribution in [0.15, 0.2) is 55.6 Å². The summed E-state index contributed by atoms with van der Waals surface area (Å²) in [6.07, 6.45) is 13.1. The van der Waals surface area contributed by atoms with E-state index in [2.05, 4.69) is 13.2 Å². The third kappa shape index (κ3) is 5.76. The van der Waals surface area contributed by atoms with Gasteiger partial charge in [-0.15, -0.1) is 13.2 Å². The fourth-order valence-electron chi connectivity index (χ4n) is 8.59. The molecule has 0 radical (unpaired) electrons. The number of likely N-dealkylation sites (tertiary alicyclic amines) is 1. The van der Waals surface area contributed by atoms with Gasteiger partial charge in [0.25, 0.3) is 0 Å². The largest absolute Gasteiger partial charge is 0.465 e. The molecule has 2 bridgehead atoms. The number of esters is 1. The molecule has 4 aliphatic rings. The molecule has 8 heteroatoms. The molecule has 2 amide bonds. The van der Waals surface area contributed by atoms with Crippen molar-refractivity contribution in [2.75, 3.05) is 19.8 Å². The summed E-state index contributed by atoms with van der Waals surface area (Å²) in [4.78, 5) is 47.0. The monoisotopic (exact) mass is 606 g/mol. The maximum absolute atomic E-state index is 14.9. The normalized spacial score (nSPS) is 30.2. The maximum Gasteiger partial charge on any atom is 0.312 e. The Labute approximate surface area is 262 Å². The number of hydrogen-bond donors (Lipinski definition) is 1. The standard InChI is InChI=1S/C36H50N2O6/c1-4-7-8-15-23-43-34(42)30-29-32(40)38(28(25-39)24-26-16-11-9-12-17-26)31(36(29)21-20-35(30,6-3)44-36)33(41)37(22-5-2)27-18-13-10-14-19-27/h4-5,9,11-12,16-17,27-31,39H,1-2,6-8,10,13-15,18-25H2,3H3/t28-,29+,30-,31?,35+,36?/m1/s1. The average molecular weight is 607 g/mol. The number of carbonyl (C=O) groups excluding carboxylic acids is 3. The van der Waals surface area contributed by atoms with Crippen molar-refractivity contribution < 1.29 is 29.0 Å². The number of benzene rings is 1. The lowest BCUT2D eigenvalue weighted by Crippen LogP contribution is -2.60. The van der Waals surface area contributed by atoms with E-state index in [0.717, 1.165) is 50.5 Å². The third-order valence-electron chi connectivity index (χ3n) is 10.7. The van der Waals surface area contributed by atoms with Crippen LogP contribution >= 0.6 is 0 Å². The topological polar surface area (TPSA) is 96.4 Å². The molecule has 44 heavy (non-hydrogen) atoms. The number of carbonyl (C=O) groups is 3. The summed E-state index contributed by atoms with van der Waals surface area (Å²) in [6.45, 7) is 10.0. The highest BCUT2D eigenvalue weighted by Gasteiger charge is 2.79. The smallest absolute Gasteiger partial charge is 0.312 e. The Morgan fingerprint density at radius 3 is 2.55 bits per heavy atom. The molecule has 2 unspecified atom stereocenters. The second-order valence-corrected chi connectivity index (χ2v) is 13.1. The fourth-order valence-corrected chi connectivity index (χ4v) is 8.59. The Balaban J connectivity index is 1.54. The molecule has 1 aromatic carbocycles.